The van der Waals surface area contributed by atoms with Crippen molar-refractivity contribution in [3.05, 3.63) is 35.4 Å². The highest BCUT2D eigenvalue weighted by molar-refractivity contribution is 5.94. The lowest BCUT2D eigenvalue weighted by Gasteiger charge is -2.15. The van der Waals surface area contributed by atoms with Crippen LogP contribution in [-0.4, -0.2) is 29.8 Å². The molecule has 1 aromatic carbocycles. The molecular formula is C13H11F2NO. The minimum Gasteiger partial charge on any atom is -0.332 e. The molecule has 1 aliphatic heterocycles. The Hall–Kier alpha value is -1.89. The van der Waals surface area contributed by atoms with Crippen molar-refractivity contribution in [1.29, 1.82) is 0 Å². The van der Waals surface area contributed by atoms with Crippen molar-refractivity contribution in [3.8, 4) is 12.3 Å². The molecule has 17 heavy (non-hydrogen) atoms. The van der Waals surface area contributed by atoms with E-state index < -0.39 is 12.5 Å². The Bertz CT molecular complexity index is 473. The maximum atomic E-state index is 13.0. The Morgan fingerprint density at radius 2 is 2.00 bits per heavy atom. The third-order valence-corrected chi connectivity index (χ3v) is 2.76. The highest BCUT2D eigenvalue weighted by Gasteiger charge is 2.40. The Kier molecular flexibility index (Phi) is 2.84. The zero-order chi connectivity index (χ0) is 12.5. The van der Waals surface area contributed by atoms with Gasteiger partial charge in [0.05, 0.1) is 6.54 Å². The van der Waals surface area contributed by atoms with Crippen LogP contribution in [0, 0.1) is 12.3 Å². The molecule has 88 valence electrons. The van der Waals surface area contributed by atoms with Crippen LogP contribution in [0.3, 0.4) is 0 Å². The van der Waals surface area contributed by atoms with Crippen molar-refractivity contribution in [2.24, 2.45) is 0 Å². The first-order valence-corrected chi connectivity index (χ1v) is 5.26. The van der Waals surface area contributed by atoms with Gasteiger partial charge in [-0.3, -0.25) is 4.79 Å². The van der Waals surface area contributed by atoms with Crippen molar-refractivity contribution in [2.45, 2.75) is 12.3 Å². The highest BCUT2D eigenvalue weighted by atomic mass is 19.3. The van der Waals surface area contributed by atoms with Crippen molar-refractivity contribution < 1.29 is 13.6 Å². The molecule has 2 nitrogen and oxygen atoms in total. The lowest BCUT2D eigenvalue weighted by Crippen LogP contribution is -2.31. The summed E-state index contributed by atoms with van der Waals surface area (Å²) < 4.78 is 25.9. The lowest BCUT2D eigenvalue weighted by molar-refractivity contribution is 0.0120. The van der Waals surface area contributed by atoms with Crippen LogP contribution in [-0.2, 0) is 0 Å². The van der Waals surface area contributed by atoms with E-state index in [9.17, 15) is 13.6 Å². The van der Waals surface area contributed by atoms with Crippen LogP contribution in [0.4, 0.5) is 8.78 Å². The first kappa shape index (κ1) is 11.6. The number of carbonyl (C=O) groups is 1. The number of likely N-dealkylation sites (tertiary alicyclic amines) is 1. The second-order valence-electron chi connectivity index (χ2n) is 4.05. The quantitative estimate of drug-likeness (QED) is 0.683. The molecule has 0 N–H and O–H groups in total. The van der Waals surface area contributed by atoms with Gasteiger partial charge in [-0.1, -0.05) is 5.92 Å². The summed E-state index contributed by atoms with van der Waals surface area (Å²) in [6.07, 6.45) is 4.93. The summed E-state index contributed by atoms with van der Waals surface area (Å²) in [7, 11) is 0. The SMILES string of the molecule is C#Cc1ccc(C(=O)N2CCC(F)(F)C2)cc1. The molecule has 0 unspecified atom stereocenters. The average Bonchev–Trinajstić information content (AvgIpc) is 2.69. The Morgan fingerprint density at radius 3 is 2.47 bits per heavy atom. The van der Waals surface area contributed by atoms with Gasteiger partial charge in [-0.2, -0.15) is 0 Å². The molecule has 0 radical (unpaired) electrons. The fourth-order valence-corrected chi connectivity index (χ4v) is 1.80. The molecule has 0 bridgehead atoms. The fourth-order valence-electron chi connectivity index (χ4n) is 1.80. The van der Waals surface area contributed by atoms with E-state index in [1.807, 2.05) is 0 Å². The summed E-state index contributed by atoms with van der Waals surface area (Å²) in [5.74, 6) is -0.694. The predicted octanol–water partition coefficient (Wildman–Crippen LogP) is 2.15. The molecule has 1 heterocycles. The molecule has 1 amide bonds. The molecule has 1 saturated heterocycles. The number of hydrogen-bond donors (Lipinski definition) is 0. The molecule has 2 rings (SSSR count). The lowest BCUT2D eigenvalue weighted by atomic mass is 10.1. The third kappa shape index (κ3) is 2.44. The highest BCUT2D eigenvalue weighted by Crippen LogP contribution is 2.27. The maximum Gasteiger partial charge on any atom is 0.267 e. The summed E-state index contributed by atoms with van der Waals surface area (Å²) >= 11 is 0. The van der Waals surface area contributed by atoms with E-state index in [0.29, 0.717) is 11.1 Å². The van der Waals surface area contributed by atoms with E-state index in [4.69, 9.17) is 6.42 Å². The van der Waals surface area contributed by atoms with Crippen LogP contribution in [0.15, 0.2) is 24.3 Å². The van der Waals surface area contributed by atoms with Gasteiger partial charge in [-0.25, -0.2) is 8.78 Å². The number of amides is 1. The van der Waals surface area contributed by atoms with E-state index in [0.717, 1.165) is 0 Å². The number of halogens is 2. The summed E-state index contributed by atoms with van der Waals surface area (Å²) in [6.45, 7) is -0.397. The van der Waals surface area contributed by atoms with Crippen molar-refractivity contribution >= 4 is 5.91 Å². The zero-order valence-electron chi connectivity index (χ0n) is 9.12. The standard InChI is InChI=1S/C13H11F2NO/c1-2-10-3-5-11(6-4-10)12(17)16-8-7-13(14,15)9-16/h1,3-6H,7-9H2. The van der Waals surface area contributed by atoms with Gasteiger partial charge in [-0.15, -0.1) is 6.42 Å². The molecular weight excluding hydrogens is 224 g/mol. The number of benzene rings is 1. The van der Waals surface area contributed by atoms with E-state index in [-0.39, 0.29) is 18.9 Å². The van der Waals surface area contributed by atoms with Gasteiger partial charge in [0, 0.05) is 24.1 Å². The molecule has 1 aliphatic rings. The van der Waals surface area contributed by atoms with Crippen molar-refractivity contribution in [2.75, 3.05) is 13.1 Å². The van der Waals surface area contributed by atoms with Gasteiger partial charge in [0.15, 0.2) is 0 Å². The first-order chi connectivity index (χ1) is 8.02. The number of terminal acetylenes is 1. The average molecular weight is 235 g/mol. The summed E-state index contributed by atoms with van der Waals surface area (Å²) in [6, 6.07) is 6.38. The van der Waals surface area contributed by atoms with E-state index >= 15 is 0 Å². The molecule has 4 heteroatoms. The van der Waals surface area contributed by atoms with Gasteiger partial charge >= 0.3 is 0 Å². The molecule has 1 fully saturated rings. The van der Waals surface area contributed by atoms with Gasteiger partial charge in [0.1, 0.15) is 0 Å². The number of rotatable bonds is 1. The van der Waals surface area contributed by atoms with Crippen molar-refractivity contribution in [1.82, 2.24) is 4.90 Å². The Balaban J connectivity index is 2.13. The Labute approximate surface area is 98.2 Å². The number of hydrogen-bond acceptors (Lipinski definition) is 1. The molecule has 0 spiro atoms. The maximum absolute atomic E-state index is 13.0. The molecule has 0 saturated carbocycles. The monoisotopic (exact) mass is 235 g/mol. The third-order valence-electron chi connectivity index (χ3n) is 2.76. The summed E-state index contributed by atoms with van der Waals surface area (Å²) in [5.41, 5.74) is 1.05. The molecule has 1 aromatic rings. The fraction of sp³-hybridized carbons (Fsp3) is 0.308. The van der Waals surface area contributed by atoms with Crippen LogP contribution < -0.4 is 0 Å². The largest absolute Gasteiger partial charge is 0.332 e. The molecule has 0 aliphatic carbocycles. The van der Waals surface area contributed by atoms with Gasteiger partial charge in [0.25, 0.3) is 11.8 Å². The van der Waals surface area contributed by atoms with Crippen LogP contribution in [0.2, 0.25) is 0 Å². The topological polar surface area (TPSA) is 20.3 Å². The van der Waals surface area contributed by atoms with Crippen molar-refractivity contribution in [3.63, 3.8) is 0 Å². The van der Waals surface area contributed by atoms with Gasteiger partial charge in [0.2, 0.25) is 0 Å². The first-order valence-electron chi connectivity index (χ1n) is 5.26. The van der Waals surface area contributed by atoms with E-state index in [1.165, 1.54) is 4.90 Å². The summed E-state index contributed by atoms with van der Waals surface area (Å²) in [4.78, 5) is 13.0. The second kappa shape index (κ2) is 4.17. The summed E-state index contributed by atoms with van der Waals surface area (Å²) in [5, 5.41) is 0. The minimum atomic E-state index is -2.76. The molecule has 0 aromatic heterocycles. The zero-order valence-corrected chi connectivity index (χ0v) is 9.12. The molecule has 0 atom stereocenters. The number of alkyl halides is 2. The Morgan fingerprint density at radius 1 is 1.35 bits per heavy atom. The second-order valence-corrected chi connectivity index (χ2v) is 4.05. The van der Waals surface area contributed by atoms with Crippen LogP contribution >= 0.6 is 0 Å². The van der Waals surface area contributed by atoms with E-state index in [2.05, 4.69) is 5.92 Å². The van der Waals surface area contributed by atoms with Crippen LogP contribution in [0.25, 0.3) is 0 Å². The minimum absolute atomic E-state index is 0.0999. The number of nitrogens with zero attached hydrogens (tertiary/aromatic N) is 1. The smallest absolute Gasteiger partial charge is 0.267 e. The van der Waals surface area contributed by atoms with Gasteiger partial charge < -0.3 is 4.90 Å². The van der Waals surface area contributed by atoms with Gasteiger partial charge in [-0.05, 0) is 24.3 Å². The normalized spacial score (nSPS) is 17.8. The van der Waals surface area contributed by atoms with E-state index in [1.54, 1.807) is 24.3 Å². The van der Waals surface area contributed by atoms with Crippen LogP contribution in [0.5, 0.6) is 0 Å². The van der Waals surface area contributed by atoms with Crippen LogP contribution in [0.1, 0.15) is 22.3 Å². The predicted molar refractivity (Wildman–Crippen MR) is 59.8 cm³/mol. The number of carbonyl (C=O) groups excluding carboxylic acids is 1.